The summed E-state index contributed by atoms with van der Waals surface area (Å²) < 4.78 is 0. The van der Waals surface area contributed by atoms with Crippen LogP contribution < -0.4 is 0 Å². The molecule has 0 fully saturated rings. The average Bonchev–Trinajstić information content (AvgIpc) is 2.09. The molecule has 10 nitrogen and oxygen atoms in total. The zero-order chi connectivity index (χ0) is 13.5. The van der Waals surface area contributed by atoms with E-state index in [1.54, 1.807) is 0 Å². The molecule has 0 heterocycles. The first-order valence-electron chi connectivity index (χ1n) is 2.14. The Morgan fingerprint density at radius 1 is 0.471 bits per heavy atom. The molecule has 0 bridgehead atoms. The van der Waals surface area contributed by atoms with Crippen LogP contribution in [0.1, 0.15) is 0 Å². The van der Waals surface area contributed by atoms with Gasteiger partial charge in [-0.15, -0.1) is 0 Å². The van der Waals surface area contributed by atoms with E-state index in [4.69, 9.17) is 49.5 Å². The van der Waals surface area contributed by atoms with Crippen molar-refractivity contribution in [1.29, 1.82) is 0 Å². The average molecular weight is 499 g/mol. The normalized spacial score (nSPS) is 3.53. The second kappa shape index (κ2) is 192. The summed E-state index contributed by atoms with van der Waals surface area (Å²) in [5.41, 5.74) is 0. The molecule has 0 spiro atoms. The molecule has 0 amide bonds. The minimum atomic E-state index is 0. The van der Waals surface area contributed by atoms with Gasteiger partial charge in [-0.05, 0) is 0 Å². The van der Waals surface area contributed by atoms with Crippen molar-refractivity contribution in [1.82, 2.24) is 0 Å². The fourth-order valence-corrected chi connectivity index (χ4v) is 0. The Morgan fingerprint density at radius 2 is 0.471 bits per heavy atom. The topological polar surface area (TPSA) is 186 Å². The molecule has 0 aliphatic carbocycles. The van der Waals surface area contributed by atoms with Crippen molar-refractivity contribution in [3.63, 3.8) is 0 Å². The van der Waals surface area contributed by atoms with Gasteiger partial charge in [0.2, 0.25) is 0 Å². The minimum Gasteiger partial charge on any atom is -0.665 e. The Morgan fingerprint density at radius 3 is 0.471 bits per heavy atom. The SMILES string of the molecule is O=[C-]O.O=[C-]O.O=[C-]O.O=[C-]O.O=[C-]O.[Bi+3].[Zn+2]. The molecule has 0 aliphatic heterocycles. The Hall–Kier alpha value is -1.14. The molecular formula is C5H5BiO10Zn. The van der Waals surface area contributed by atoms with E-state index in [9.17, 15) is 0 Å². The summed E-state index contributed by atoms with van der Waals surface area (Å²) in [7, 11) is 0. The standard InChI is InChI=1S/5CHO2.Bi.Zn/c5*2-1-3;;/h5*(H,2,3);;/q5*-1;+3;+2. The van der Waals surface area contributed by atoms with Gasteiger partial charge >= 0.3 is 45.7 Å². The first-order valence-corrected chi connectivity index (χ1v) is 2.14. The molecule has 17 heavy (non-hydrogen) atoms. The van der Waals surface area contributed by atoms with Crippen LogP contribution >= 0.6 is 0 Å². The zero-order valence-electron chi connectivity index (χ0n) is 7.93. The van der Waals surface area contributed by atoms with Crippen LogP contribution in [0, 0.1) is 0 Å². The fourth-order valence-electron chi connectivity index (χ4n) is 0. The van der Waals surface area contributed by atoms with Crippen LogP contribution in [-0.4, -0.2) is 84.1 Å². The Bertz CT molecular complexity index is 97.0. The number of hydrogen-bond acceptors (Lipinski definition) is 5. The molecule has 0 atom stereocenters. The van der Waals surface area contributed by atoms with E-state index in [1.165, 1.54) is 0 Å². The van der Waals surface area contributed by atoms with Gasteiger partial charge in [-0.2, -0.15) is 0 Å². The second-order valence-corrected chi connectivity index (χ2v) is 0.456. The third-order valence-corrected chi connectivity index (χ3v) is 0. The molecule has 0 aromatic carbocycles. The van der Waals surface area contributed by atoms with Crippen LogP contribution in [0.25, 0.3) is 0 Å². The van der Waals surface area contributed by atoms with E-state index < -0.39 is 0 Å². The quantitative estimate of drug-likeness (QED) is 0.179. The summed E-state index contributed by atoms with van der Waals surface area (Å²) in [6, 6.07) is 0. The van der Waals surface area contributed by atoms with Gasteiger partial charge in [0.25, 0.3) is 0 Å². The van der Waals surface area contributed by atoms with E-state index in [1.807, 2.05) is 0 Å². The largest absolute Gasteiger partial charge is 3.00 e. The minimum absolute atomic E-state index is 0. The molecule has 12 heteroatoms. The Balaban J connectivity index is -0.0000000143. The van der Waals surface area contributed by atoms with Crippen LogP contribution in [0.3, 0.4) is 0 Å². The van der Waals surface area contributed by atoms with Crippen molar-refractivity contribution in [3.05, 3.63) is 0 Å². The van der Waals surface area contributed by atoms with E-state index in [2.05, 4.69) is 0 Å². The van der Waals surface area contributed by atoms with Crippen LogP contribution in [0.4, 0.5) is 0 Å². The van der Waals surface area contributed by atoms with Gasteiger partial charge in [-0.1, -0.05) is 32.4 Å². The maximum absolute atomic E-state index is 8.24. The Labute approximate surface area is 127 Å². The summed E-state index contributed by atoms with van der Waals surface area (Å²) in [6.07, 6.45) is 0. The van der Waals surface area contributed by atoms with Crippen LogP contribution in [0.5, 0.6) is 0 Å². The Kier molecular flexibility index (Phi) is 503. The summed E-state index contributed by atoms with van der Waals surface area (Å²) in [4.78, 5) is 41.2. The van der Waals surface area contributed by atoms with Crippen molar-refractivity contribution < 1.29 is 69.0 Å². The first kappa shape index (κ1) is 44.6. The number of hydrogen-bond donors (Lipinski definition) is 5. The van der Waals surface area contributed by atoms with Crippen molar-refractivity contribution >= 4 is 58.6 Å². The summed E-state index contributed by atoms with van der Waals surface area (Å²) in [5, 5.41) is 33.8. The van der Waals surface area contributed by atoms with E-state index in [0.717, 1.165) is 0 Å². The van der Waals surface area contributed by atoms with Gasteiger partial charge in [-0.3, -0.25) is 0 Å². The molecule has 5 N–H and O–H groups in total. The fraction of sp³-hybridized carbons (Fsp3) is 0. The van der Waals surface area contributed by atoms with E-state index in [0.29, 0.717) is 32.4 Å². The van der Waals surface area contributed by atoms with Gasteiger partial charge in [0.15, 0.2) is 0 Å². The summed E-state index contributed by atoms with van der Waals surface area (Å²) >= 11 is 0. The molecule has 0 aliphatic rings. The van der Waals surface area contributed by atoms with Crippen LogP contribution in [-0.2, 0) is 43.5 Å². The molecule has 0 aromatic rings. The predicted octanol–water partition coefficient (Wildman–Crippen LogP) is -2.33. The zero-order valence-corrected chi connectivity index (χ0v) is 14.4. The third kappa shape index (κ3) is 1880. The maximum atomic E-state index is 8.24. The smallest absolute Gasteiger partial charge is 0.665 e. The van der Waals surface area contributed by atoms with Gasteiger partial charge < -0.3 is 49.5 Å². The number of rotatable bonds is 0. The summed E-state index contributed by atoms with van der Waals surface area (Å²) in [5.74, 6) is 0. The van der Waals surface area contributed by atoms with Crippen molar-refractivity contribution in [2.75, 3.05) is 0 Å². The second-order valence-electron chi connectivity index (χ2n) is 0.456. The maximum Gasteiger partial charge on any atom is 3.00 e. The third-order valence-electron chi connectivity index (χ3n) is 0. The molecule has 0 rings (SSSR count). The van der Waals surface area contributed by atoms with Crippen molar-refractivity contribution in [3.8, 4) is 0 Å². The molecule has 2 radical (unpaired) electrons. The molecule has 0 saturated heterocycles. The first-order chi connectivity index (χ1) is 7.07. The van der Waals surface area contributed by atoms with Gasteiger partial charge in [0, 0.05) is 0 Å². The predicted molar refractivity (Wildman–Crippen MR) is 47.4 cm³/mol. The summed E-state index contributed by atoms with van der Waals surface area (Å²) in [6.45, 7) is 2.50. The van der Waals surface area contributed by atoms with Crippen LogP contribution in [0.15, 0.2) is 0 Å². The molecule has 0 saturated carbocycles. The molecule has 0 unspecified atom stereocenters. The van der Waals surface area contributed by atoms with E-state index >= 15 is 0 Å². The monoisotopic (exact) mass is 498 g/mol. The van der Waals surface area contributed by atoms with Gasteiger partial charge in [0.05, 0.1) is 0 Å². The van der Waals surface area contributed by atoms with E-state index in [-0.39, 0.29) is 45.7 Å². The van der Waals surface area contributed by atoms with Crippen LogP contribution in [0.2, 0.25) is 0 Å². The van der Waals surface area contributed by atoms with Crippen molar-refractivity contribution in [2.45, 2.75) is 0 Å². The van der Waals surface area contributed by atoms with Crippen molar-refractivity contribution in [2.24, 2.45) is 0 Å². The molecule has 0 aromatic heterocycles. The molecule has 92 valence electrons. The van der Waals surface area contributed by atoms with Gasteiger partial charge in [0.1, 0.15) is 0 Å². The molecular weight excluding hydrogens is 494 g/mol. The van der Waals surface area contributed by atoms with Gasteiger partial charge in [-0.25, -0.2) is 0 Å². The number of aliphatic hydroxyl groups excluding tert-OH is 5.